The second-order valence-corrected chi connectivity index (χ2v) is 6.89. The molecule has 20 heavy (non-hydrogen) atoms. The maximum absolute atomic E-state index is 12.1. The van der Waals surface area contributed by atoms with Crippen molar-refractivity contribution in [3.8, 4) is 0 Å². The van der Waals surface area contributed by atoms with Crippen LogP contribution in [0.2, 0.25) is 0 Å². The monoisotopic (exact) mass is 280 g/mol. The zero-order chi connectivity index (χ0) is 14.2. The highest BCUT2D eigenvalue weighted by atomic mass is 16.1. The van der Waals surface area contributed by atoms with E-state index >= 15 is 0 Å². The van der Waals surface area contributed by atoms with Crippen molar-refractivity contribution < 1.29 is 4.79 Å². The molecule has 0 aromatic heterocycles. The second-order valence-electron chi connectivity index (χ2n) is 6.89. The summed E-state index contributed by atoms with van der Waals surface area (Å²) in [7, 11) is 0. The van der Waals surface area contributed by atoms with Crippen LogP contribution in [0, 0.1) is 11.8 Å². The van der Waals surface area contributed by atoms with Gasteiger partial charge in [-0.15, -0.1) is 0 Å². The summed E-state index contributed by atoms with van der Waals surface area (Å²) < 4.78 is 0. The summed E-state index contributed by atoms with van der Waals surface area (Å²) in [5.74, 6) is 1.39. The van der Waals surface area contributed by atoms with Crippen LogP contribution in [0.25, 0.3) is 0 Å². The molecule has 116 valence electrons. The van der Waals surface area contributed by atoms with Crippen LogP contribution >= 0.6 is 0 Å². The predicted octanol–water partition coefficient (Wildman–Crippen LogP) is 3.24. The third-order valence-corrected chi connectivity index (χ3v) is 5.10. The van der Waals surface area contributed by atoms with Crippen molar-refractivity contribution >= 4 is 5.91 Å². The smallest absolute Gasteiger partial charge is 0.223 e. The molecule has 0 unspecified atom stereocenters. The molecule has 1 amide bonds. The summed E-state index contributed by atoms with van der Waals surface area (Å²) in [6.45, 7) is 4.02. The number of rotatable bonds is 5. The molecule has 2 fully saturated rings. The first kappa shape index (κ1) is 15.8. The SMILES string of the molecule is CC1CCC(C(=O)NCCNC2CCCCCC2)CC1. The lowest BCUT2D eigenvalue weighted by molar-refractivity contribution is -0.126. The molecular formula is C17H32N2O. The topological polar surface area (TPSA) is 41.1 Å². The van der Waals surface area contributed by atoms with Gasteiger partial charge in [0, 0.05) is 25.0 Å². The van der Waals surface area contributed by atoms with Gasteiger partial charge in [-0.3, -0.25) is 4.79 Å². The molecule has 0 aromatic rings. The largest absolute Gasteiger partial charge is 0.355 e. The van der Waals surface area contributed by atoms with Gasteiger partial charge in [0.15, 0.2) is 0 Å². The first-order chi connectivity index (χ1) is 9.75. The Morgan fingerprint density at radius 2 is 1.55 bits per heavy atom. The lowest BCUT2D eigenvalue weighted by Crippen LogP contribution is -2.39. The fourth-order valence-electron chi connectivity index (χ4n) is 3.61. The van der Waals surface area contributed by atoms with Crippen molar-refractivity contribution in [2.45, 2.75) is 77.2 Å². The van der Waals surface area contributed by atoms with Crippen molar-refractivity contribution in [3.63, 3.8) is 0 Å². The van der Waals surface area contributed by atoms with E-state index in [0.29, 0.717) is 11.9 Å². The van der Waals surface area contributed by atoms with Gasteiger partial charge in [0.1, 0.15) is 0 Å². The quantitative estimate of drug-likeness (QED) is 0.599. The third kappa shape index (κ3) is 5.43. The Labute approximate surface area is 124 Å². The standard InChI is InChI=1S/C17H32N2O/c1-14-8-10-15(11-9-14)17(20)19-13-12-18-16-6-4-2-3-5-7-16/h14-16,18H,2-13H2,1H3,(H,19,20). The highest BCUT2D eigenvalue weighted by Crippen LogP contribution is 2.28. The van der Waals surface area contributed by atoms with Gasteiger partial charge < -0.3 is 10.6 Å². The molecule has 0 heterocycles. The summed E-state index contributed by atoms with van der Waals surface area (Å²) >= 11 is 0. The van der Waals surface area contributed by atoms with Crippen LogP contribution < -0.4 is 10.6 Å². The highest BCUT2D eigenvalue weighted by Gasteiger charge is 2.23. The Morgan fingerprint density at radius 1 is 0.900 bits per heavy atom. The van der Waals surface area contributed by atoms with Crippen LogP contribution in [0.3, 0.4) is 0 Å². The van der Waals surface area contributed by atoms with Gasteiger partial charge in [-0.25, -0.2) is 0 Å². The van der Waals surface area contributed by atoms with Gasteiger partial charge in [-0.05, 0) is 44.4 Å². The van der Waals surface area contributed by atoms with E-state index < -0.39 is 0 Å². The van der Waals surface area contributed by atoms with Crippen LogP contribution in [-0.2, 0) is 4.79 Å². The number of nitrogens with one attached hydrogen (secondary N) is 2. The summed E-state index contributed by atoms with van der Waals surface area (Å²) in [6.07, 6.45) is 12.8. The van der Waals surface area contributed by atoms with Gasteiger partial charge in [-0.1, -0.05) is 32.6 Å². The number of carbonyl (C=O) groups is 1. The minimum absolute atomic E-state index is 0.282. The Hall–Kier alpha value is -0.570. The van der Waals surface area contributed by atoms with Crippen LogP contribution in [0.5, 0.6) is 0 Å². The van der Waals surface area contributed by atoms with E-state index in [0.717, 1.165) is 31.8 Å². The molecule has 2 rings (SSSR count). The van der Waals surface area contributed by atoms with E-state index in [1.54, 1.807) is 0 Å². The molecule has 0 atom stereocenters. The Kier molecular flexibility index (Phi) is 6.85. The molecule has 2 N–H and O–H groups in total. The maximum Gasteiger partial charge on any atom is 0.223 e. The van der Waals surface area contributed by atoms with E-state index in [4.69, 9.17) is 0 Å². The third-order valence-electron chi connectivity index (χ3n) is 5.10. The Morgan fingerprint density at radius 3 is 2.20 bits per heavy atom. The molecule has 2 aliphatic rings. The second kappa shape index (κ2) is 8.66. The number of carbonyl (C=O) groups excluding carboxylic acids is 1. The molecular weight excluding hydrogens is 248 g/mol. The molecule has 0 saturated heterocycles. The van der Waals surface area contributed by atoms with Crippen molar-refractivity contribution in [2.75, 3.05) is 13.1 Å². The molecule has 0 bridgehead atoms. The lowest BCUT2D eigenvalue weighted by atomic mass is 9.82. The molecule has 0 radical (unpaired) electrons. The molecule has 2 aliphatic carbocycles. The molecule has 3 nitrogen and oxygen atoms in total. The maximum atomic E-state index is 12.1. The number of hydrogen-bond acceptors (Lipinski definition) is 2. The van der Waals surface area contributed by atoms with Crippen molar-refractivity contribution in [2.24, 2.45) is 11.8 Å². The summed E-state index contributed by atoms with van der Waals surface area (Å²) in [5.41, 5.74) is 0. The normalized spacial score (nSPS) is 28.9. The molecule has 0 aliphatic heterocycles. The average molecular weight is 280 g/mol. The van der Waals surface area contributed by atoms with E-state index in [2.05, 4.69) is 17.6 Å². The average Bonchev–Trinajstić information content (AvgIpc) is 2.73. The summed E-state index contributed by atoms with van der Waals surface area (Å²) in [4.78, 5) is 12.1. The van der Waals surface area contributed by atoms with Crippen molar-refractivity contribution in [3.05, 3.63) is 0 Å². The van der Waals surface area contributed by atoms with E-state index in [1.165, 1.54) is 51.4 Å². The zero-order valence-corrected chi connectivity index (χ0v) is 13.1. The number of hydrogen-bond donors (Lipinski definition) is 2. The van der Waals surface area contributed by atoms with Gasteiger partial charge in [0.2, 0.25) is 5.91 Å². The van der Waals surface area contributed by atoms with E-state index in [1.807, 2.05) is 0 Å². The van der Waals surface area contributed by atoms with Crippen molar-refractivity contribution in [1.82, 2.24) is 10.6 Å². The lowest BCUT2D eigenvalue weighted by Gasteiger charge is -2.25. The van der Waals surface area contributed by atoms with E-state index in [9.17, 15) is 4.79 Å². The molecule has 0 aromatic carbocycles. The Balaban J connectivity index is 1.54. The minimum atomic E-state index is 0.282. The number of amides is 1. The molecule has 0 spiro atoms. The van der Waals surface area contributed by atoms with Crippen LogP contribution in [-0.4, -0.2) is 25.0 Å². The summed E-state index contributed by atoms with van der Waals surface area (Å²) in [5, 5.41) is 6.73. The van der Waals surface area contributed by atoms with Gasteiger partial charge in [0.05, 0.1) is 0 Å². The van der Waals surface area contributed by atoms with Crippen LogP contribution in [0.4, 0.5) is 0 Å². The Bertz CT molecular complexity index is 277. The minimum Gasteiger partial charge on any atom is -0.355 e. The first-order valence-corrected chi connectivity index (χ1v) is 8.77. The van der Waals surface area contributed by atoms with Gasteiger partial charge in [-0.2, -0.15) is 0 Å². The predicted molar refractivity (Wildman–Crippen MR) is 83.6 cm³/mol. The fourth-order valence-corrected chi connectivity index (χ4v) is 3.61. The summed E-state index contributed by atoms with van der Waals surface area (Å²) in [6, 6.07) is 0.685. The zero-order valence-electron chi connectivity index (χ0n) is 13.1. The van der Waals surface area contributed by atoms with E-state index in [-0.39, 0.29) is 5.92 Å². The first-order valence-electron chi connectivity index (χ1n) is 8.77. The fraction of sp³-hybridized carbons (Fsp3) is 0.941. The van der Waals surface area contributed by atoms with Crippen LogP contribution in [0.15, 0.2) is 0 Å². The molecule has 3 heteroatoms. The van der Waals surface area contributed by atoms with Gasteiger partial charge in [0.25, 0.3) is 0 Å². The van der Waals surface area contributed by atoms with Gasteiger partial charge >= 0.3 is 0 Å². The van der Waals surface area contributed by atoms with Crippen molar-refractivity contribution in [1.29, 1.82) is 0 Å². The highest BCUT2D eigenvalue weighted by molar-refractivity contribution is 5.78. The molecule has 2 saturated carbocycles. The van der Waals surface area contributed by atoms with Crippen LogP contribution in [0.1, 0.15) is 71.1 Å².